The molecular formula is C7H12O. The van der Waals surface area contributed by atoms with E-state index in [-0.39, 0.29) is 0 Å². The SMILES string of the molecule is C/C=C(C)/C(O)=C\C. The van der Waals surface area contributed by atoms with E-state index in [0.29, 0.717) is 5.76 Å². The Labute approximate surface area is 50.3 Å². The summed E-state index contributed by atoms with van der Waals surface area (Å²) >= 11 is 0. The maximum atomic E-state index is 8.92. The molecule has 46 valence electrons. The van der Waals surface area contributed by atoms with Gasteiger partial charge in [-0.25, -0.2) is 0 Å². The van der Waals surface area contributed by atoms with E-state index in [2.05, 4.69) is 0 Å². The van der Waals surface area contributed by atoms with Gasteiger partial charge in [0.15, 0.2) is 0 Å². The molecule has 0 unspecified atom stereocenters. The fraction of sp³-hybridized carbons (Fsp3) is 0.429. The van der Waals surface area contributed by atoms with E-state index in [1.165, 1.54) is 0 Å². The predicted molar refractivity (Wildman–Crippen MR) is 35.8 cm³/mol. The maximum absolute atomic E-state index is 8.92. The molecule has 0 aromatic rings. The van der Waals surface area contributed by atoms with Gasteiger partial charge in [-0.15, -0.1) is 0 Å². The van der Waals surface area contributed by atoms with Crippen molar-refractivity contribution in [1.29, 1.82) is 0 Å². The Hall–Kier alpha value is -0.720. The highest BCUT2D eigenvalue weighted by molar-refractivity contribution is 5.20. The van der Waals surface area contributed by atoms with Gasteiger partial charge in [-0.3, -0.25) is 0 Å². The van der Waals surface area contributed by atoms with Crippen molar-refractivity contribution < 1.29 is 5.11 Å². The fourth-order valence-corrected chi connectivity index (χ4v) is 0.376. The zero-order chi connectivity index (χ0) is 6.57. The zero-order valence-electron chi connectivity index (χ0n) is 5.60. The summed E-state index contributed by atoms with van der Waals surface area (Å²) in [5.74, 6) is 0.368. The van der Waals surface area contributed by atoms with Crippen LogP contribution in [0.2, 0.25) is 0 Å². The van der Waals surface area contributed by atoms with Gasteiger partial charge in [-0.05, 0) is 32.4 Å². The van der Waals surface area contributed by atoms with Gasteiger partial charge in [0.05, 0.1) is 0 Å². The molecule has 0 amide bonds. The number of rotatable bonds is 1. The number of hydrogen-bond acceptors (Lipinski definition) is 1. The molecule has 0 radical (unpaired) electrons. The van der Waals surface area contributed by atoms with Gasteiger partial charge in [0.2, 0.25) is 0 Å². The lowest BCUT2D eigenvalue weighted by Gasteiger charge is -1.93. The molecule has 0 fully saturated rings. The van der Waals surface area contributed by atoms with E-state index in [1.807, 2.05) is 26.8 Å². The quantitative estimate of drug-likeness (QED) is 0.408. The molecule has 0 aromatic heterocycles. The number of hydrogen-bond donors (Lipinski definition) is 1. The number of aliphatic hydroxyl groups excluding tert-OH is 1. The molecule has 0 spiro atoms. The number of allylic oxidation sites excluding steroid dienone is 3. The summed E-state index contributed by atoms with van der Waals surface area (Å²) in [5.41, 5.74) is 0.924. The normalized spacial score (nSPS) is 14.4. The van der Waals surface area contributed by atoms with Crippen LogP contribution in [0, 0.1) is 0 Å². The lowest BCUT2D eigenvalue weighted by Crippen LogP contribution is -1.79. The second-order valence-corrected chi connectivity index (χ2v) is 1.65. The molecule has 0 aliphatic carbocycles. The van der Waals surface area contributed by atoms with Crippen LogP contribution in [0.1, 0.15) is 20.8 Å². The Morgan fingerprint density at radius 2 is 1.75 bits per heavy atom. The Morgan fingerprint density at radius 1 is 1.25 bits per heavy atom. The third-order valence-corrected chi connectivity index (χ3v) is 1.11. The molecule has 0 aliphatic rings. The van der Waals surface area contributed by atoms with Crippen LogP contribution in [0.15, 0.2) is 23.5 Å². The minimum Gasteiger partial charge on any atom is -0.508 e. The maximum Gasteiger partial charge on any atom is 0.113 e. The Morgan fingerprint density at radius 3 is 1.88 bits per heavy atom. The highest BCUT2D eigenvalue weighted by Gasteiger charge is 1.88. The van der Waals surface area contributed by atoms with Crippen molar-refractivity contribution in [3.8, 4) is 0 Å². The minimum absolute atomic E-state index is 0.368. The summed E-state index contributed by atoms with van der Waals surface area (Å²) in [6, 6.07) is 0. The Kier molecular flexibility index (Phi) is 3.01. The van der Waals surface area contributed by atoms with E-state index >= 15 is 0 Å². The highest BCUT2D eigenvalue weighted by atomic mass is 16.3. The molecule has 8 heavy (non-hydrogen) atoms. The monoisotopic (exact) mass is 112 g/mol. The predicted octanol–water partition coefficient (Wildman–Crippen LogP) is 2.41. The molecule has 1 N–H and O–H groups in total. The van der Waals surface area contributed by atoms with Crippen LogP contribution in [0.5, 0.6) is 0 Å². The van der Waals surface area contributed by atoms with Gasteiger partial charge in [-0.1, -0.05) is 6.08 Å². The minimum atomic E-state index is 0.368. The Bertz CT molecular complexity index is 104. The second kappa shape index (κ2) is 3.30. The van der Waals surface area contributed by atoms with E-state index in [1.54, 1.807) is 6.08 Å². The first-order valence-corrected chi connectivity index (χ1v) is 2.71. The molecule has 0 rings (SSSR count). The molecule has 1 nitrogen and oxygen atoms in total. The van der Waals surface area contributed by atoms with Gasteiger partial charge < -0.3 is 5.11 Å². The van der Waals surface area contributed by atoms with Crippen LogP contribution in [0.25, 0.3) is 0 Å². The molecule has 0 saturated carbocycles. The summed E-state index contributed by atoms with van der Waals surface area (Å²) in [7, 11) is 0. The second-order valence-electron chi connectivity index (χ2n) is 1.65. The average molecular weight is 112 g/mol. The van der Waals surface area contributed by atoms with Gasteiger partial charge in [0.1, 0.15) is 5.76 Å². The van der Waals surface area contributed by atoms with Crippen LogP contribution >= 0.6 is 0 Å². The van der Waals surface area contributed by atoms with Crippen molar-refractivity contribution in [3.63, 3.8) is 0 Å². The van der Waals surface area contributed by atoms with E-state index in [0.717, 1.165) is 5.57 Å². The first kappa shape index (κ1) is 7.28. The fourth-order valence-electron chi connectivity index (χ4n) is 0.376. The topological polar surface area (TPSA) is 20.2 Å². The largest absolute Gasteiger partial charge is 0.508 e. The smallest absolute Gasteiger partial charge is 0.113 e. The molecule has 0 heterocycles. The molecule has 1 heteroatoms. The van der Waals surface area contributed by atoms with Gasteiger partial charge in [0, 0.05) is 0 Å². The zero-order valence-corrected chi connectivity index (χ0v) is 5.60. The third-order valence-electron chi connectivity index (χ3n) is 1.11. The van der Waals surface area contributed by atoms with E-state index in [4.69, 9.17) is 5.11 Å². The van der Waals surface area contributed by atoms with E-state index < -0.39 is 0 Å². The van der Waals surface area contributed by atoms with Crippen LogP contribution in [-0.4, -0.2) is 5.11 Å². The summed E-state index contributed by atoms with van der Waals surface area (Å²) in [6.07, 6.45) is 3.55. The van der Waals surface area contributed by atoms with Crippen molar-refractivity contribution in [2.24, 2.45) is 0 Å². The first-order chi connectivity index (χ1) is 3.72. The third kappa shape index (κ3) is 1.82. The molecule has 0 bridgehead atoms. The van der Waals surface area contributed by atoms with Crippen LogP contribution in [0.3, 0.4) is 0 Å². The molecule has 0 aliphatic heterocycles. The van der Waals surface area contributed by atoms with Crippen molar-refractivity contribution in [1.82, 2.24) is 0 Å². The van der Waals surface area contributed by atoms with Gasteiger partial charge in [-0.2, -0.15) is 0 Å². The van der Waals surface area contributed by atoms with Crippen molar-refractivity contribution in [2.75, 3.05) is 0 Å². The van der Waals surface area contributed by atoms with Crippen LogP contribution in [0.4, 0.5) is 0 Å². The lowest BCUT2D eigenvalue weighted by molar-refractivity contribution is 0.422. The number of aliphatic hydroxyl groups is 1. The van der Waals surface area contributed by atoms with Gasteiger partial charge in [0.25, 0.3) is 0 Å². The standard InChI is InChI=1S/C7H12O/c1-4-6(3)7(8)5-2/h4-5,8H,1-3H3/b6-4+,7-5+. The molecular weight excluding hydrogens is 100 g/mol. The summed E-state index contributed by atoms with van der Waals surface area (Å²) < 4.78 is 0. The van der Waals surface area contributed by atoms with Crippen molar-refractivity contribution in [2.45, 2.75) is 20.8 Å². The first-order valence-electron chi connectivity index (χ1n) is 2.71. The van der Waals surface area contributed by atoms with Crippen LogP contribution < -0.4 is 0 Å². The van der Waals surface area contributed by atoms with Crippen molar-refractivity contribution >= 4 is 0 Å². The highest BCUT2D eigenvalue weighted by Crippen LogP contribution is 2.02. The molecule has 0 atom stereocenters. The van der Waals surface area contributed by atoms with Crippen molar-refractivity contribution in [3.05, 3.63) is 23.5 Å². The lowest BCUT2D eigenvalue weighted by atomic mass is 10.2. The van der Waals surface area contributed by atoms with E-state index in [9.17, 15) is 0 Å². The molecule has 0 saturated heterocycles. The summed E-state index contributed by atoms with van der Waals surface area (Å²) in [5, 5.41) is 8.92. The van der Waals surface area contributed by atoms with Gasteiger partial charge >= 0.3 is 0 Å². The van der Waals surface area contributed by atoms with Crippen LogP contribution in [-0.2, 0) is 0 Å². The average Bonchev–Trinajstić information content (AvgIpc) is 1.84. The summed E-state index contributed by atoms with van der Waals surface area (Å²) in [6.45, 7) is 5.58. The Balaban J connectivity index is 4.04. The molecule has 0 aromatic carbocycles. The summed E-state index contributed by atoms with van der Waals surface area (Å²) in [4.78, 5) is 0.